The summed E-state index contributed by atoms with van der Waals surface area (Å²) in [5.41, 5.74) is 0. The van der Waals surface area contributed by atoms with E-state index in [1.165, 1.54) is 0 Å². The first-order valence-corrected chi connectivity index (χ1v) is 50.9. The Morgan fingerprint density at radius 1 is 0.281 bits per heavy atom. The van der Waals surface area contributed by atoms with Gasteiger partial charge in [-0.15, -0.1) is 0 Å². The van der Waals surface area contributed by atoms with Gasteiger partial charge in [0.25, 0.3) is 0 Å². The number of rotatable bonds is 6. The van der Waals surface area contributed by atoms with Crippen LogP contribution in [0.2, 0.25) is 141 Å². The van der Waals surface area contributed by atoms with E-state index >= 15 is 0 Å². The molecule has 0 aromatic rings. The number of hydrogen-bond donors (Lipinski definition) is 0. The molecule has 194 valence electrons. The van der Waals surface area contributed by atoms with Gasteiger partial charge in [-0.2, -0.15) is 0 Å². The second-order valence-corrected chi connectivity index (χ2v) is 92.9. The number of hydrogen-bond acceptors (Lipinski definition) is 0. The van der Waals surface area contributed by atoms with Gasteiger partial charge < -0.3 is 0 Å². The summed E-state index contributed by atoms with van der Waals surface area (Å²) < 4.78 is 0. The standard InChI is InChI=1S/2C9H27Si4.2C2H6Ge/c2*1-11(2,3)10(12(4,5)6)13(7,8)9;2*1-3-2/h2*1-9H3;2*1-2H3. The average Bonchev–Trinajstić information content (AvgIpc) is 2.27. The molecule has 0 aliphatic heterocycles. The van der Waals surface area contributed by atoms with E-state index in [9.17, 15) is 0 Å². The van der Waals surface area contributed by atoms with Crippen molar-refractivity contribution in [3.8, 4) is 0 Å². The molecule has 0 aromatic carbocycles. The molecule has 0 aromatic heterocycles. The van der Waals surface area contributed by atoms with Gasteiger partial charge in [-0.3, -0.25) is 0 Å². The summed E-state index contributed by atoms with van der Waals surface area (Å²) in [5, 5.41) is 0. The Morgan fingerprint density at radius 2 is 0.344 bits per heavy atom. The fraction of sp³-hybridized carbons (Fsp3) is 1.00. The predicted molar refractivity (Wildman–Crippen MR) is 187 cm³/mol. The Hall–Kier alpha value is 2.82. The van der Waals surface area contributed by atoms with Gasteiger partial charge in [0.05, 0.1) is 0 Å². The van der Waals surface area contributed by atoms with Gasteiger partial charge in [0.15, 0.2) is 0 Å². The normalized spacial score (nSPS) is 13.5. The summed E-state index contributed by atoms with van der Waals surface area (Å²) in [7, 11) is -4.94. The van der Waals surface area contributed by atoms with Gasteiger partial charge in [-0.25, -0.2) is 0 Å². The Kier molecular flexibility index (Phi) is 21.8. The van der Waals surface area contributed by atoms with Crippen LogP contribution < -0.4 is 0 Å². The third-order valence-electron chi connectivity index (χ3n) is 4.50. The van der Waals surface area contributed by atoms with Gasteiger partial charge in [0.2, 0.25) is 0 Å². The van der Waals surface area contributed by atoms with Gasteiger partial charge in [-0.1, -0.05) is 118 Å². The van der Waals surface area contributed by atoms with Crippen molar-refractivity contribution in [2.75, 3.05) is 0 Å². The SMILES string of the molecule is C[Si](C)(C)[Si]([Si](C)(C)C)[Si](C)(C)C.C[Si](C)(C)[Si]([Si](C)(C)C)[Si](C)(C)C.[CH3][Ge][CH3].[CH3][Ge][CH3]. The van der Waals surface area contributed by atoms with Crippen LogP contribution in [0.25, 0.3) is 0 Å². The second kappa shape index (κ2) is 16.6. The van der Waals surface area contributed by atoms with Crippen LogP contribution in [-0.2, 0) is 0 Å². The monoisotopic (exact) mass is 702 g/mol. The first kappa shape index (κ1) is 41.9. The van der Waals surface area contributed by atoms with Crippen LogP contribution in [0.5, 0.6) is 0 Å². The summed E-state index contributed by atoms with van der Waals surface area (Å²) in [6, 6.07) is 0. The molecule has 0 saturated carbocycles. The van der Waals surface area contributed by atoms with E-state index in [4.69, 9.17) is 0 Å². The molecule has 0 spiro atoms. The van der Waals surface area contributed by atoms with E-state index < -0.39 is 45.5 Å². The molecular formula is C22H66Ge2Si8. The summed E-state index contributed by atoms with van der Waals surface area (Å²) in [4.78, 5) is 0. The van der Waals surface area contributed by atoms with E-state index in [0.29, 0.717) is 30.9 Å². The summed E-state index contributed by atoms with van der Waals surface area (Å²) in [5.74, 6) is 9.00. The van der Waals surface area contributed by atoms with Crippen molar-refractivity contribution in [3.63, 3.8) is 0 Å². The first-order valence-electron chi connectivity index (χ1n) is 12.5. The van der Waals surface area contributed by atoms with E-state index in [1.807, 2.05) is 0 Å². The molecule has 0 amide bonds. The summed E-state index contributed by atoms with van der Waals surface area (Å²) in [6.07, 6.45) is 0. The van der Waals surface area contributed by atoms with Crippen molar-refractivity contribution in [2.24, 2.45) is 0 Å². The molecule has 0 nitrogen and oxygen atoms in total. The van der Waals surface area contributed by atoms with Gasteiger partial charge in [0.1, 0.15) is 0 Å². The minimum atomic E-state index is -0.832. The topological polar surface area (TPSA) is 0 Å². The van der Waals surface area contributed by atoms with Crippen LogP contribution in [0.4, 0.5) is 0 Å². The molecule has 32 heavy (non-hydrogen) atoms. The molecule has 0 heterocycles. The molecule has 10 heteroatoms. The molecule has 0 bridgehead atoms. The van der Waals surface area contributed by atoms with Crippen molar-refractivity contribution in [1.82, 2.24) is 0 Å². The van der Waals surface area contributed by atoms with E-state index in [2.05, 4.69) is 141 Å². The van der Waals surface area contributed by atoms with Crippen LogP contribution in [0.1, 0.15) is 0 Å². The Morgan fingerprint density at radius 3 is 0.344 bits per heavy atom. The van der Waals surface area contributed by atoms with E-state index in [1.54, 1.807) is 0 Å². The second-order valence-electron chi connectivity index (χ2n) is 15.2. The maximum atomic E-state index is 2.61. The minimum absolute atomic E-state index is 0.0255. The quantitative estimate of drug-likeness (QED) is 0.243. The molecule has 0 aliphatic rings. The van der Waals surface area contributed by atoms with Gasteiger partial charge in [-0.05, 0) is 0 Å². The molecule has 0 atom stereocenters. The molecule has 0 aliphatic carbocycles. The third kappa shape index (κ3) is 22.1. The van der Waals surface area contributed by atoms with E-state index in [0.717, 1.165) is 0 Å². The molecule has 0 saturated heterocycles. The molecule has 0 N–H and O–H groups in total. The van der Waals surface area contributed by atoms with Crippen molar-refractivity contribution < 1.29 is 0 Å². The van der Waals surface area contributed by atoms with Crippen LogP contribution in [0.15, 0.2) is 0 Å². The predicted octanol–water partition coefficient (Wildman–Crippen LogP) is 9.04. The Balaban J connectivity index is -0.000000196. The van der Waals surface area contributed by atoms with Crippen molar-refractivity contribution in [3.05, 3.63) is 0 Å². The summed E-state index contributed by atoms with van der Waals surface area (Å²) in [6.45, 7) is 47.0. The van der Waals surface area contributed by atoms with Crippen molar-refractivity contribution in [1.29, 1.82) is 0 Å². The van der Waals surface area contributed by atoms with Crippen LogP contribution in [0, 0.1) is 0 Å². The van der Waals surface area contributed by atoms with Gasteiger partial charge in [0, 0.05) is 60.2 Å². The molecular weight excluding hydrogens is 634 g/mol. The fourth-order valence-corrected chi connectivity index (χ4v) is 182. The Labute approximate surface area is 230 Å². The molecule has 0 fully saturated rings. The zero-order valence-corrected chi connectivity index (χ0v) is 39.2. The van der Waals surface area contributed by atoms with Crippen molar-refractivity contribution >= 4 is 91.1 Å². The summed E-state index contributed by atoms with van der Waals surface area (Å²) >= 11 is 1.00. The van der Waals surface area contributed by atoms with Gasteiger partial charge >= 0.3 is 53.9 Å². The Bertz CT molecular complexity index is 349. The van der Waals surface area contributed by atoms with E-state index in [-0.39, 0.29) is 14.7 Å². The average molecular weight is 701 g/mol. The molecule has 6 radical (unpaired) electrons. The molecule has 0 rings (SSSR count). The van der Waals surface area contributed by atoms with Crippen molar-refractivity contribution in [2.45, 2.75) is 141 Å². The molecule has 0 unspecified atom stereocenters. The van der Waals surface area contributed by atoms with Crippen LogP contribution in [0.3, 0.4) is 0 Å². The first-order chi connectivity index (χ1) is 13.6. The maximum absolute atomic E-state index is 2.61. The van der Waals surface area contributed by atoms with Crippen LogP contribution in [-0.4, -0.2) is 91.1 Å². The zero-order chi connectivity index (χ0) is 27.6. The van der Waals surface area contributed by atoms with Crippen LogP contribution >= 0.6 is 0 Å². The zero-order valence-electron chi connectivity index (χ0n) is 27.0. The fourth-order valence-electron chi connectivity index (χ4n) is 6.75. The third-order valence-corrected chi connectivity index (χ3v) is 122.